The van der Waals surface area contributed by atoms with Gasteiger partial charge in [-0.1, -0.05) is 30.3 Å². The number of methoxy groups -OCH3 is 1. The van der Waals surface area contributed by atoms with Crippen LogP contribution in [0.4, 0.5) is 0 Å². The zero-order valence-corrected chi connectivity index (χ0v) is 14.7. The molecule has 0 atom stereocenters. The lowest BCUT2D eigenvalue weighted by atomic mass is 10.2. The lowest BCUT2D eigenvalue weighted by Gasteiger charge is -2.07. The van der Waals surface area contributed by atoms with E-state index in [9.17, 15) is 8.42 Å². The Balaban J connectivity index is 2.08. The number of allylic oxidation sites excluding steroid dienone is 1. The Morgan fingerprint density at radius 3 is 2.62 bits per heavy atom. The third kappa shape index (κ3) is 4.45. The Bertz CT molecular complexity index is 872. The molecule has 0 aliphatic rings. The summed E-state index contributed by atoms with van der Waals surface area (Å²) in [4.78, 5) is 2.45. The molecule has 0 aliphatic carbocycles. The molecule has 0 bridgehead atoms. The van der Waals surface area contributed by atoms with E-state index in [1.54, 1.807) is 38.3 Å². The first-order valence-electron chi connectivity index (χ1n) is 7.36. The van der Waals surface area contributed by atoms with Gasteiger partial charge in [-0.2, -0.15) is 13.5 Å². The molecule has 0 aromatic heterocycles. The minimum atomic E-state index is -3.68. The fourth-order valence-corrected chi connectivity index (χ4v) is 3.27. The number of rotatable bonds is 6. The van der Waals surface area contributed by atoms with Crippen LogP contribution in [-0.4, -0.2) is 21.7 Å². The summed E-state index contributed by atoms with van der Waals surface area (Å²) in [5, 5.41) is 3.77. The first-order valence-corrected chi connectivity index (χ1v) is 8.84. The molecule has 0 unspecified atom stereocenters. The standard InChI is InChI=1S/C18H20N2O3S/c1-14-10-11-15(2)18(13-14)24(21,22)20-19-12-6-8-16-7-4-5-9-17(16)23-3/h4-13,20H,1-3H3/b8-6+,19-12+. The molecule has 0 saturated carbocycles. The highest BCUT2D eigenvalue weighted by Crippen LogP contribution is 2.18. The number of para-hydroxylation sites is 1. The molecule has 2 aromatic carbocycles. The van der Waals surface area contributed by atoms with Crippen molar-refractivity contribution in [2.24, 2.45) is 5.10 Å². The number of nitrogens with zero attached hydrogens (tertiary/aromatic N) is 1. The Kier molecular flexibility index (Phi) is 5.76. The van der Waals surface area contributed by atoms with Gasteiger partial charge in [-0.25, -0.2) is 4.83 Å². The third-order valence-corrected chi connectivity index (χ3v) is 4.75. The molecule has 5 nitrogen and oxygen atoms in total. The van der Waals surface area contributed by atoms with Crippen molar-refractivity contribution < 1.29 is 13.2 Å². The number of aryl methyl sites for hydroxylation is 2. The van der Waals surface area contributed by atoms with Crippen LogP contribution in [0.5, 0.6) is 5.75 Å². The van der Waals surface area contributed by atoms with Gasteiger partial charge in [0.2, 0.25) is 0 Å². The van der Waals surface area contributed by atoms with Crippen molar-refractivity contribution >= 4 is 22.3 Å². The van der Waals surface area contributed by atoms with Gasteiger partial charge >= 0.3 is 0 Å². The molecule has 0 aliphatic heterocycles. The van der Waals surface area contributed by atoms with Crippen molar-refractivity contribution in [1.82, 2.24) is 4.83 Å². The molecule has 1 N–H and O–H groups in total. The van der Waals surface area contributed by atoms with Crippen molar-refractivity contribution in [3.05, 3.63) is 65.2 Å². The second-order valence-electron chi connectivity index (χ2n) is 5.24. The van der Waals surface area contributed by atoms with Crippen LogP contribution in [0.3, 0.4) is 0 Å². The van der Waals surface area contributed by atoms with Crippen LogP contribution in [-0.2, 0) is 10.0 Å². The van der Waals surface area contributed by atoms with Crippen molar-refractivity contribution in [1.29, 1.82) is 0 Å². The smallest absolute Gasteiger partial charge is 0.276 e. The maximum atomic E-state index is 12.3. The Labute approximate surface area is 142 Å². The second-order valence-corrected chi connectivity index (χ2v) is 6.87. The van der Waals surface area contributed by atoms with E-state index in [1.165, 1.54) is 6.21 Å². The zero-order valence-electron chi connectivity index (χ0n) is 13.9. The molecule has 0 amide bonds. The lowest BCUT2D eigenvalue weighted by Crippen LogP contribution is -2.19. The monoisotopic (exact) mass is 344 g/mol. The molecule has 24 heavy (non-hydrogen) atoms. The van der Waals surface area contributed by atoms with Crippen LogP contribution >= 0.6 is 0 Å². The van der Waals surface area contributed by atoms with E-state index in [0.717, 1.165) is 16.9 Å². The van der Waals surface area contributed by atoms with E-state index in [-0.39, 0.29) is 4.90 Å². The van der Waals surface area contributed by atoms with Gasteiger partial charge in [0.05, 0.1) is 12.0 Å². The average molecular weight is 344 g/mol. The number of benzene rings is 2. The number of hydrogen-bond donors (Lipinski definition) is 1. The summed E-state index contributed by atoms with van der Waals surface area (Å²) >= 11 is 0. The minimum absolute atomic E-state index is 0.230. The minimum Gasteiger partial charge on any atom is -0.496 e. The van der Waals surface area contributed by atoms with E-state index < -0.39 is 10.0 Å². The van der Waals surface area contributed by atoms with Gasteiger partial charge in [0.1, 0.15) is 5.75 Å². The number of sulfonamides is 1. The molecule has 2 rings (SSSR count). The van der Waals surface area contributed by atoms with Gasteiger partial charge in [-0.3, -0.25) is 0 Å². The van der Waals surface area contributed by atoms with Gasteiger partial charge in [-0.15, -0.1) is 0 Å². The molecule has 6 heteroatoms. The molecule has 0 spiro atoms. The number of ether oxygens (including phenoxy) is 1. The quantitative estimate of drug-likeness (QED) is 0.646. The van der Waals surface area contributed by atoms with Gasteiger partial charge in [-0.05, 0) is 49.3 Å². The Morgan fingerprint density at radius 2 is 1.88 bits per heavy atom. The van der Waals surface area contributed by atoms with E-state index >= 15 is 0 Å². The van der Waals surface area contributed by atoms with Crippen LogP contribution in [0.15, 0.2) is 58.5 Å². The molecule has 2 aromatic rings. The molecule has 0 heterocycles. The van der Waals surface area contributed by atoms with Crippen LogP contribution in [0.2, 0.25) is 0 Å². The van der Waals surface area contributed by atoms with E-state index in [2.05, 4.69) is 9.93 Å². The first-order chi connectivity index (χ1) is 11.4. The van der Waals surface area contributed by atoms with Gasteiger partial charge in [0.25, 0.3) is 10.0 Å². The van der Waals surface area contributed by atoms with E-state index in [0.29, 0.717) is 5.56 Å². The summed E-state index contributed by atoms with van der Waals surface area (Å²) in [6.07, 6.45) is 4.81. The lowest BCUT2D eigenvalue weighted by molar-refractivity contribution is 0.414. The Hall–Kier alpha value is -2.60. The maximum Gasteiger partial charge on any atom is 0.276 e. The average Bonchev–Trinajstić information content (AvgIpc) is 2.57. The highest BCUT2D eigenvalue weighted by molar-refractivity contribution is 7.89. The highest BCUT2D eigenvalue weighted by Gasteiger charge is 2.15. The number of hydrogen-bond acceptors (Lipinski definition) is 4. The van der Waals surface area contributed by atoms with Crippen LogP contribution < -0.4 is 9.57 Å². The molecule has 0 fully saturated rings. The highest BCUT2D eigenvalue weighted by atomic mass is 32.2. The SMILES string of the molecule is COc1ccccc1/C=C/C=N/NS(=O)(=O)c1cc(C)ccc1C. The van der Waals surface area contributed by atoms with E-state index in [4.69, 9.17) is 4.74 Å². The van der Waals surface area contributed by atoms with Crippen molar-refractivity contribution in [2.45, 2.75) is 18.7 Å². The van der Waals surface area contributed by atoms with Gasteiger partial charge in [0, 0.05) is 11.8 Å². The maximum absolute atomic E-state index is 12.3. The summed E-state index contributed by atoms with van der Waals surface area (Å²) in [6, 6.07) is 12.8. The molecule has 0 saturated heterocycles. The largest absolute Gasteiger partial charge is 0.496 e. The second kappa shape index (κ2) is 7.79. The summed E-state index contributed by atoms with van der Waals surface area (Å²) < 4.78 is 29.8. The first kappa shape index (κ1) is 17.7. The molecular weight excluding hydrogens is 324 g/mol. The summed E-state index contributed by atoms with van der Waals surface area (Å²) in [7, 11) is -2.08. The van der Waals surface area contributed by atoms with Gasteiger partial charge in [0.15, 0.2) is 0 Å². The van der Waals surface area contributed by atoms with Gasteiger partial charge < -0.3 is 4.74 Å². The fourth-order valence-electron chi connectivity index (χ4n) is 2.14. The van der Waals surface area contributed by atoms with Crippen molar-refractivity contribution in [2.75, 3.05) is 7.11 Å². The zero-order chi connectivity index (χ0) is 17.6. The summed E-state index contributed by atoms with van der Waals surface area (Å²) in [6.45, 7) is 3.59. The van der Waals surface area contributed by atoms with Crippen LogP contribution in [0, 0.1) is 13.8 Å². The Morgan fingerprint density at radius 1 is 1.12 bits per heavy atom. The molecule has 126 valence electrons. The number of nitrogens with one attached hydrogen (secondary N) is 1. The predicted molar refractivity (Wildman–Crippen MR) is 96.8 cm³/mol. The van der Waals surface area contributed by atoms with Crippen LogP contribution in [0.1, 0.15) is 16.7 Å². The van der Waals surface area contributed by atoms with Crippen LogP contribution in [0.25, 0.3) is 6.08 Å². The van der Waals surface area contributed by atoms with Crippen molar-refractivity contribution in [3.63, 3.8) is 0 Å². The molecular formula is C18H20N2O3S. The molecule has 0 radical (unpaired) electrons. The fraction of sp³-hybridized carbons (Fsp3) is 0.167. The normalized spacial score (nSPS) is 12.0. The predicted octanol–water partition coefficient (Wildman–Crippen LogP) is 3.29. The van der Waals surface area contributed by atoms with Crippen molar-refractivity contribution in [3.8, 4) is 5.75 Å². The number of hydrazone groups is 1. The summed E-state index contributed by atoms with van der Waals surface area (Å²) in [5.74, 6) is 0.734. The third-order valence-electron chi connectivity index (χ3n) is 3.38. The summed E-state index contributed by atoms with van der Waals surface area (Å²) in [5.41, 5.74) is 2.43. The van der Waals surface area contributed by atoms with E-state index in [1.807, 2.05) is 37.3 Å². The topological polar surface area (TPSA) is 67.8 Å².